The van der Waals surface area contributed by atoms with Crippen LogP contribution in [0.3, 0.4) is 0 Å². The van der Waals surface area contributed by atoms with Crippen molar-refractivity contribution >= 4 is 0 Å². The van der Waals surface area contributed by atoms with E-state index in [4.69, 9.17) is 10.5 Å². The van der Waals surface area contributed by atoms with Crippen LogP contribution in [0, 0.1) is 0 Å². The van der Waals surface area contributed by atoms with Crippen molar-refractivity contribution in [2.75, 3.05) is 6.54 Å². The molecule has 2 N–H and O–H groups in total. The van der Waals surface area contributed by atoms with Gasteiger partial charge in [0.2, 0.25) is 0 Å². The average Bonchev–Trinajstić information content (AvgIpc) is 2.63. The van der Waals surface area contributed by atoms with Crippen molar-refractivity contribution in [3.8, 4) is 5.75 Å². The Morgan fingerprint density at radius 1 is 1.57 bits per heavy atom. The zero-order valence-corrected chi connectivity index (χ0v) is 8.94. The molecule has 4 nitrogen and oxygen atoms in total. The zero-order chi connectivity index (χ0) is 10.4. The van der Waals surface area contributed by atoms with Crippen molar-refractivity contribution in [2.45, 2.75) is 39.3 Å². The fourth-order valence-electron chi connectivity index (χ4n) is 1.25. The lowest BCUT2D eigenvalue weighted by atomic mass is 10.3. The first-order chi connectivity index (χ1) is 6.80. The Morgan fingerprint density at radius 3 is 2.93 bits per heavy atom. The summed E-state index contributed by atoms with van der Waals surface area (Å²) in [5, 5.41) is 4.18. The molecule has 1 aromatic rings. The van der Waals surface area contributed by atoms with Crippen LogP contribution in [-0.2, 0) is 6.54 Å². The normalized spacial score (nSPS) is 12.8. The van der Waals surface area contributed by atoms with Gasteiger partial charge in [-0.3, -0.25) is 4.68 Å². The van der Waals surface area contributed by atoms with Gasteiger partial charge >= 0.3 is 0 Å². The number of aryl methyl sites for hydroxylation is 1. The van der Waals surface area contributed by atoms with Gasteiger partial charge in [-0.2, -0.15) is 5.10 Å². The van der Waals surface area contributed by atoms with Crippen molar-refractivity contribution < 1.29 is 4.74 Å². The van der Waals surface area contributed by atoms with Crippen LogP contribution in [-0.4, -0.2) is 22.4 Å². The van der Waals surface area contributed by atoms with Crippen molar-refractivity contribution in [3.05, 3.63) is 12.4 Å². The van der Waals surface area contributed by atoms with Gasteiger partial charge in [0.05, 0.1) is 12.4 Å². The maximum Gasteiger partial charge on any atom is 0.157 e. The molecular formula is C10H19N3O. The molecule has 0 bridgehead atoms. The minimum absolute atomic E-state index is 0.106. The number of hydrogen-bond acceptors (Lipinski definition) is 3. The first-order valence-electron chi connectivity index (χ1n) is 5.19. The molecule has 14 heavy (non-hydrogen) atoms. The van der Waals surface area contributed by atoms with E-state index in [1.807, 2.05) is 10.9 Å². The Bertz CT molecular complexity index is 256. The maximum atomic E-state index is 5.63. The fraction of sp³-hybridized carbons (Fsp3) is 0.700. The second-order valence-corrected chi connectivity index (χ2v) is 3.32. The lowest BCUT2D eigenvalue weighted by Gasteiger charge is -2.12. The summed E-state index contributed by atoms with van der Waals surface area (Å²) < 4.78 is 7.52. The van der Waals surface area contributed by atoms with Crippen LogP contribution in [0.4, 0.5) is 0 Å². The third-order valence-electron chi connectivity index (χ3n) is 2.08. The largest absolute Gasteiger partial charge is 0.486 e. The van der Waals surface area contributed by atoms with Gasteiger partial charge in [0.15, 0.2) is 5.75 Å². The zero-order valence-electron chi connectivity index (χ0n) is 8.94. The molecule has 0 saturated heterocycles. The first-order valence-corrected chi connectivity index (χ1v) is 5.19. The highest BCUT2D eigenvalue weighted by Crippen LogP contribution is 2.11. The smallest absolute Gasteiger partial charge is 0.157 e. The van der Waals surface area contributed by atoms with Gasteiger partial charge in [-0.05, 0) is 12.8 Å². The minimum atomic E-state index is 0.106. The number of aromatic nitrogens is 2. The third kappa shape index (κ3) is 3.03. The second-order valence-electron chi connectivity index (χ2n) is 3.32. The summed E-state index contributed by atoms with van der Waals surface area (Å²) in [6, 6.07) is 0. The minimum Gasteiger partial charge on any atom is -0.486 e. The molecule has 1 aromatic heterocycles. The Labute approximate surface area is 85.0 Å². The van der Waals surface area contributed by atoms with Gasteiger partial charge < -0.3 is 10.5 Å². The molecule has 1 rings (SSSR count). The molecule has 1 unspecified atom stereocenters. The molecule has 0 saturated carbocycles. The van der Waals surface area contributed by atoms with E-state index in [-0.39, 0.29) is 6.10 Å². The van der Waals surface area contributed by atoms with Crippen LogP contribution < -0.4 is 10.5 Å². The lowest BCUT2D eigenvalue weighted by molar-refractivity contribution is 0.205. The molecule has 0 fully saturated rings. The quantitative estimate of drug-likeness (QED) is 0.750. The third-order valence-corrected chi connectivity index (χ3v) is 2.08. The summed E-state index contributed by atoms with van der Waals surface area (Å²) in [5.41, 5.74) is 5.54. The van der Waals surface area contributed by atoms with E-state index in [2.05, 4.69) is 18.9 Å². The standard InChI is InChI=1S/C10H19N3O/c1-3-5-13-8-10(7-12-13)14-9(4-2)6-11/h7-9H,3-6,11H2,1-2H3. The highest BCUT2D eigenvalue weighted by molar-refractivity contribution is 5.12. The summed E-state index contributed by atoms with van der Waals surface area (Å²) >= 11 is 0. The van der Waals surface area contributed by atoms with E-state index in [0.29, 0.717) is 6.54 Å². The SMILES string of the molecule is CCCn1cc(OC(CC)CN)cn1. The summed E-state index contributed by atoms with van der Waals surface area (Å²) in [4.78, 5) is 0. The van der Waals surface area contributed by atoms with Gasteiger partial charge in [-0.15, -0.1) is 0 Å². The van der Waals surface area contributed by atoms with E-state index in [0.717, 1.165) is 25.1 Å². The van der Waals surface area contributed by atoms with Crippen LogP contribution >= 0.6 is 0 Å². The molecule has 0 aliphatic rings. The monoisotopic (exact) mass is 197 g/mol. The Balaban J connectivity index is 2.49. The summed E-state index contributed by atoms with van der Waals surface area (Å²) in [5.74, 6) is 0.816. The summed E-state index contributed by atoms with van der Waals surface area (Å²) in [6.45, 7) is 5.67. The van der Waals surface area contributed by atoms with Gasteiger partial charge in [0, 0.05) is 13.1 Å². The van der Waals surface area contributed by atoms with Crippen molar-refractivity contribution in [1.82, 2.24) is 9.78 Å². The van der Waals surface area contributed by atoms with Crippen LogP contribution in [0.1, 0.15) is 26.7 Å². The molecule has 1 heterocycles. The molecular weight excluding hydrogens is 178 g/mol. The molecule has 0 spiro atoms. The number of nitrogens with two attached hydrogens (primary N) is 1. The van der Waals surface area contributed by atoms with Crippen LogP contribution in [0.25, 0.3) is 0 Å². The summed E-state index contributed by atoms with van der Waals surface area (Å²) in [6.07, 6.45) is 5.77. The molecule has 0 aliphatic heterocycles. The lowest BCUT2D eigenvalue weighted by Crippen LogP contribution is -2.25. The topological polar surface area (TPSA) is 53.1 Å². The molecule has 0 aliphatic carbocycles. The van der Waals surface area contributed by atoms with Gasteiger partial charge in [-0.1, -0.05) is 13.8 Å². The molecule has 0 aromatic carbocycles. The van der Waals surface area contributed by atoms with E-state index < -0.39 is 0 Å². The Kier molecular flexibility index (Phi) is 4.46. The number of hydrogen-bond donors (Lipinski definition) is 1. The van der Waals surface area contributed by atoms with Crippen LogP contribution in [0.2, 0.25) is 0 Å². The van der Waals surface area contributed by atoms with Gasteiger partial charge in [-0.25, -0.2) is 0 Å². The van der Waals surface area contributed by atoms with Crippen molar-refractivity contribution in [3.63, 3.8) is 0 Å². The van der Waals surface area contributed by atoms with E-state index in [9.17, 15) is 0 Å². The van der Waals surface area contributed by atoms with Gasteiger partial charge in [0.1, 0.15) is 6.10 Å². The number of rotatable bonds is 6. The molecule has 0 radical (unpaired) electrons. The van der Waals surface area contributed by atoms with E-state index in [1.165, 1.54) is 0 Å². The van der Waals surface area contributed by atoms with Crippen molar-refractivity contribution in [2.24, 2.45) is 5.73 Å². The van der Waals surface area contributed by atoms with E-state index in [1.54, 1.807) is 6.20 Å². The maximum absolute atomic E-state index is 5.63. The molecule has 1 atom stereocenters. The predicted octanol–water partition coefficient (Wildman–Crippen LogP) is 1.41. The average molecular weight is 197 g/mol. The Hall–Kier alpha value is -1.03. The highest BCUT2D eigenvalue weighted by atomic mass is 16.5. The van der Waals surface area contributed by atoms with E-state index >= 15 is 0 Å². The van der Waals surface area contributed by atoms with Gasteiger partial charge in [0.25, 0.3) is 0 Å². The van der Waals surface area contributed by atoms with Crippen LogP contribution in [0.15, 0.2) is 12.4 Å². The number of ether oxygens (including phenoxy) is 1. The second kappa shape index (κ2) is 5.65. The predicted molar refractivity (Wildman–Crippen MR) is 56.3 cm³/mol. The summed E-state index contributed by atoms with van der Waals surface area (Å²) in [7, 11) is 0. The first kappa shape index (κ1) is 11.0. The van der Waals surface area contributed by atoms with Crippen LogP contribution in [0.5, 0.6) is 5.75 Å². The molecule has 4 heteroatoms. The fourth-order valence-corrected chi connectivity index (χ4v) is 1.25. The molecule has 0 amide bonds. The highest BCUT2D eigenvalue weighted by Gasteiger charge is 2.06. The Morgan fingerprint density at radius 2 is 2.36 bits per heavy atom. The number of nitrogens with zero attached hydrogens (tertiary/aromatic N) is 2. The van der Waals surface area contributed by atoms with Crippen molar-refractivity contribution in [1.29, 1.82) is 0 Å². The molecule has 80 valence electrons.